The third-order valence-electron chi connectivity index (χ3n) is 3.40. The Labute approximate surface area is 105 Å². The van der Waals surface area contributed by atoms with Gasteiger partial charge in [0.05, 0.1) is 6.33 Å². The molecule has 0 bridgehead atoms. The Morgan fingerprint density at radius 1 is 1.59 bits per heavy atom. The molecule has 1 aliphatic heterocycles. The van der Waals surface area contributed by atoms with Crippen LogP contribution in [0.1, 0.15) is 37.4 Å². The van der Waals surface area contributed by atoms with Crippen LogP contribution >= 0.6 is 0 Å². The molecule has 1 aromatic rings. The number of hydrogen-bond donors (Lipinski definition) is 1. The van der Waals surface area contributed by atoms with Crippen LogP contribution in [0.25, 0.3) is 0 Å². The number of aromatic nitrogens is 2. The van der Waals surface area contributed by atoms with Crippen molar-refractivity contribution in [1.29, 1.82) is 0 Å². The monoisotopic (exact) mass is 255 g/mol. The van der Waals surface area contributed by atoms with E-state index in [9.17, 15) is 4.21 Å². The van der Waals surface area contributed by atoms with Crippen LogP contribution in [-0.4, -0.2) is 38.9 Å². The van der Waals surface area contributed by atoms with E-state index in [1.165, 1.54) is 18.5 Å². The maximum absolute atomic E-state index is 11.3. The predicted molar refractivity (Wildman–Crippen MR) is 70.7 cm³/mol. The largest absolute Gasteiger partial charge is 0.331 e. The molecule has 1 saturated heterocycles. The molecule has 2 rings (SSSR count). The number of piperidine rings is 1. The second kappa shape index (κ2) is 5.78. The predicted octanol–water partition coefficient (Wildman–Crippen LogP) is 1.29. The van der Waals surface area contributed by atoms with Gasteiger partial charge in [0, 0.05) is 46.7 Å². The molecule has 0 aliphatic carbocycles. The van der Waals surface area contributed by atoms with E-state index in [0.717, 1.165) is 13.1 Å². The molecule has 0 spiro atoms. The number of nitrogens with zero attached hydrogens (tertiary/aromatic N) is 2. The SMILES string of the molecule is CC(CS(C)=O)n1cncc1C1CCNCC1. The van der Waals surface area contributed by atoms with Gasteiger partial charge in [0.1, 0.15) is 0 Å². The van der Waals surface area contributed by atoms with Crippen LogP contribution < -0.4 is 5.32 Å². The van der Waals surface area contributed by atoms with E-state index in [4.69, 9.17) is 0 Å². The molecule has 0 amide bonds. The van der Waals surface area contributed by atoms with Crippen LogP contribution in [0.3, 0.4) is 0 Å². The van der Waals surface area contributed by atoms with Gasteiger partial charge in [-0.1, -0.05) is 0 Å². The number of hydrogen-bond acceptors (Lipinski definition) is 3. The number of nitrogens with one attached hydrogen (secondary N) is 1. The molecule has 0 saturated carbocycles. The minimum Gasteiger partial charge on any atom is -0.331 e. The van der Waals surface area contributed by atoms with Crippen LogP contribution in [0, 0.1) is 0 Å². The smallest absolute Gasteiger partial charge is 0.0951 e. The Balaban J connectivity index is 2.12. The van der Waals surface area contributed by atoms with Gasteiger partial charge in [-0.15, -0.1) is 0 Å². The minimum atomic E-state index is -0.754. The molecule has 0 radical (unpaired) electrons. The average molecular weight is 255 g/mol. The van der Waals surface area contributed by atoms with Crippen LogP contribution in [0.4, 0.5) is 0 Å². The van der Waals surface area contributed by atoms with E-state index in [1.54, 1.807) is 6.26 Å². The van der Waals surface area contributed by atoms with Crippen LogP contribution in [0.5, 0.6) is 0 Å². The van der Waals surface area contributed by atoms with Gasteiger partial charge in [0.25, 0.3) is 0 Å². The summed E-state index contributed by atoms with van der Waals surface area (Å²) in [5, 5.41) is 3.38. The zero-order valence-corrected chi connectivity index (χ0v) is 11.4. The standard InChI is InChI=1S/C12H21N3OS/c1-10(8-17(2)16)15-9-14-7-12(15)11-3-5-13-6-4-11/h7,9-11,13H,3-6,8H2,1-2H3. The molecule has 17 heavy (non-hydrogen) atoms. The van der Waals surface area contributed by atoms with Crippen LogP contribution in [-0.2, 0) is 10.8 Å². The third kappa shape index (κ3) is 3.16. The first-order chi connectivity index (χ1) is 8.18. The fourth-order valence-electron chi connectivity index (χ4n) is 2.54. The number of rotatable bonds is 4. The van der Waals surface area contributed by atoms with Crippen LogP contribution in [0.15, 0.2) is 12.5 Å². The third-order valence-corrected chi connectivity index (χ3v) is 4.36. The van der Waals surface area contributed by atoms with E-state index in [0.29, 0.717) is 11.7 Å². The summed E-state index contributed by atoms with van der Waals surface area (Å²) in [6.07, 6.45) is 7.97. The van der Waals surface area contributed by atoms with Gasteiger partial charge in [0.15, 0.2) is 0 Å². The van der Waals surface area contributed by atoms with Gasteiger partial charge in [-0.05, 0) is 32.9 Å². The lowest BCUT2D eigenvalue weighted by atomic mass is 9.95. The Bertz CT molecular complexity index is 385. The molecule has 4 nitrogen and oxygen atoms in total. The first-order valence-electron chi connectivity index (χ1n) is 6.21. The van der Waals surface area contributed by atoms with Crippen LogP contribution in [0.2, 0.25) is 0 Å². The quantitative estimate of drug-likeness (QED) is 0.882. The highest BCUT2D eigenvalue weighted by Gasteiger charge is 2.20. The maximum Gasteiger partial charge on any atom is 0.0951 e. The fourth-order valence-corrected chi connectivity index (χ4v) is 3.38. The van der Waals surface area contributed by atoms with Crippen molar-refractivity contribution in [1.82, 2.24) is 14.9 Å². The molecule has 2 atom stereocenters. The molecular weight excluding hydrogens is 234 g/mol. The minimum absolute atomic E-state index is 0.271. The van der Waals surface area contributed by atoms with E-state index in [-0.39, 0.29) is 6.04 Å². The van der Waals surface area contributed by atoms with E-state index < -0.39 is 10.8 Å². The molecular formula is C12H21N3OS. The lowest BCUT2D eigenvalue weighted by Gasteiger charge is -2.25. The fraction of sp³-hybridized carbons (Fsp3) is 0.750. The Hall–Kier alpha value is -0.680. The number of imidazole rings is 1. The normalized spacial score (nSPS) is 21.3. The van der Waals surface area contributed by atoms with Gasteiger partial charge in [0.2, 0.25) is 0 Å². The Morgan fingerprint density at radius 2 is 2.29 bits per heavy atom. The Morgan fingerprint density at radius 3 is 2.94 bits per heavy atom. The molecule has 0 aromatic carbocycles. The second-order valence-corrected chi connectivity index (χ2v) is 6.32. The van der Waals surface area contributed by atoms with Gasteiger partial charge >= 0.3 is 0 Å². The summed E-state index contributed by atoms with van der Waals surface area (Å²) < 4.78 is 13.5. The van der Waals surface area contributed by atoms with Crippen molar-refractivity contribution in [3.8, 4) is 0 Å². The first-order valence-corrected chi connectivity index (χ1v) is 7.93. The summed E-state index contributed by atoms with van der Waals surface area (Å²) >= 11 is 0. The lowest BCUT2D eigenvalue weighted by molar-refractivity contribution is 0.430. The van der Waals surface area contributed by atoms with Gasteiger partial charge in [-0.3, -0.25) is 4.21 Å². The van der Waals surface area contributed by atoms with E-state index in [1.807, 2.05) is 12.5 Å². The highest BCUT2D eigenvalue weighted by molar-refractivity contribution is 7.84. The summed E-state index contributed by atoms with van der Waals surface area (Å²) in [4.78, 5) is 4.27. The highest BCUT2D eigenvalue weighted by atomic mass is 32.2. The summed E-state index contributed by atoms with van der Waals surface area (Å²) in [6, 6.07) is 0.271. The Kier molecular flexibility index (Phi) is 4.34. The average Bonchev–Trinajstić information content (AvgIpc) is 2.78. The van der Waals surface area contributed by atoms with Crippen molar-refractivity contribution < 1.29 is 4.21 Å². The van der Waals surface area contributed by atoms with E-state index >= 15 is 0 Å². The molecule has 1 aromatic heterocycles. The summed E-state index contributed by atoms with van der Waals surface area (Å²) in [5.41, 5.74) is 1.31. The zero-order chi connectivity index (χ0) is 12.3. The molecule has 96 valence electrons. The van der Waals surface area contributed by atoms with Gasteiger partial charge < -0.3 is 9.88 Å². The second-order valence-electron chi connectivity index (χ2n) is 4.84. The first kappa shape index (κ1) is 12.8. The maximum atomic E-state index is 11.3. The van der Waals surface area contributed by atoms with Gasteiger partial charge in [-0.2, -0.15) is 0 Å². The van der Waals surface area contributed by atoms with Crippen molar-refractivity contribution in [2.45, 2.75) is 31.7 Å². The van der Waals surface area contributed by atoms with Crippen molar-refractivity contribution in [2.24, 2.45) is 0 Å². The summed E-state index contributed by atoms with van der Waals surface area (Å²) in [7, 11) is -0.754. The van der Waals surface area contributed by atoms with Crippen molar-refractivity contribution >= 4 is 10.8 Å². The molecule has 5 heteroatoms. The topological polar surface area (TPSA) is 46.9 Å². The highest BCUT2D eigenvalue weighted by Crippen LogP contribution is 2.26. The summed E-state index contributed by atoms with van der Waals surface area (Å²) in [6.45, 7) is 4.29. The van der Waals surface area contributed by atoms with Crippen molar-refractivity contribution in [3.05, 3.63) is 18.2 Å². The zero-order valence-electron chi connectivity index (χ0n) is 10.6. The summed E-state index contributed by atoms with van der Waals surface area (Å²) in [5.74, 6) is 1.31. The molecule has 2 heterocycles. The van der Waals surface area contributed by atoms with Crippen molar-refractivity contribution in [3.63, 3.8) is 0 Å². The molecule has 2 unspecified atom stereocenters. The van der Waals surface area contributed by atoms with E-state index in [2.05, 4.69) is 21.8 Å². The van der Waals surface area contributed by atoms with Crippen molar-refractivity contribution in [2.75, 3.05) is 25.1 Å². The molecule has 1 aliphatic rings. The molecule has 1 fully saturated rings. The lowest BCUT2D eigenvalue weighted by Crippen LogP contribution is -2.28. The molecule has 1 N–H and O–H groups in total. The van der Waals surface area contributed by atoms with Gasteiger partial charge in [-0.25, -0.2) is 4.98 Å².